The molecule has 0 aromatic carbocycles. The van der Waals surface area contributed by atoms with Crippen molar-refractivity contribution in [2.45, 2.75) is 25.8 Å². The summed E-state index contributed by atoms with van der Waals surface area (Å²) >= 11 is 0. The minimum atomic E-state index is -0.0557. The summed E-state index contributed by atoms with van der Waals surface area (Å²) < 4.78 is 0. The molecule has 2 rings (SSSR count). The number of nitrogens with zero attached hydrogens (tertiary/aromatic N) is 4. The normalized spacial score (nSPS) is 12.1. The van der Waals surface area contributed by atoms with Crippen molar-refractivity contribution in [3.8, 4) is 0 Å². The Hall–Kier alpha value is -2.24. The Morgan fingerprint density at radius 2 is 2.37 bits per heavy atom. The number of aryl methyl sites for hydroxylation is 1. The minimum absolute atomic E-state index is 0.0557. The van der Waals surface area contributed by atoms with Gasteiger partial charge in [-0.05, 0) is 25.0 Å². The van der Waals surface area contributed by atoms with E-state index in [0.717, 1.165) is 11.3 Å². The van der Waals surface area contributed by atoms with Gasteiger partial charge in [-0.25, -0.2) is 9.97 Å². The molecule has 100 valence electrons. The molecule has 0 bridgehead atoms. The van der Waals surface area contributed by atoms with Crippen LogP contribution in [0.4, 0.5) is 0 Å². The molecule has 0 spiro atoms. The summed E-state index contributed by atoms with van der Waals surface area (Å²) in [7, 11) is 1.80. The molecule has 1 atom stereocenters. The highest BCUT2D eigenvalue weighted by molar-refractivity contribution is 5.76. The molecule has 0 aliphatic carbocycles. The van der Waals surface area contributed by atoms with Gasteiger partial charge in [0.25, 0.3) is 0 Å². The number of amides is 1. The molecule has 1 N–H and O–H groups in total. The Labute approximate surface area is 111 Å². The van der Waals surface area contributed by atoms with E-state index in [1.807, 2.05) is 13.0 Å². The topological polar surface area (TPSA) is 74.8 Å². The lowest BCUT2D eigenvalue weighted by atomic mass is 10.1. The van der Waals surface area contributed by atoms with Crippen LogP contribution >= 0.6 is 0 Å². The number of hydrogen-bond acceptors (Lipinski definition) is 4. The number of H-pyrrole nitrogens is 1. The van der Waals surface area contributed by atoms with Gasteiger partial charge in [0.1, 0.15) is 6.33 Å². The predicted octanol–water partition coefficient (Wildman–Crippen LogP) is 1.35. The van der Waals surface area contributed by atoms with Crippen LogP contribution in [0.5, 0.6) is 0 Å². The molecule has 1 amide bonds. The molecule has 0 saturated carbocycles. The van der Waals surface area contributed by atoms with E-state index in [0.29, 0.717) is 12.8 Å². The van der Waals surface area contributed by atoms with E-state index in [-0.39, 0.29) is 11.9 Å². The lowest BCUT2D eigenvalue weighted by molar-refractivity contribution is -0.131. The summed E-state index contributed by atoms with van der Waals surface area (Å²) in [6.45, 7) is 1.96. The quantitative estimate of drug-likeness (QED) is 0.879. The maximum atomic E-state index is 12.1. The minimum Gasteiger partial charge on any atom is -0.337 e. The molecule has 19 heavy (non-hydrogen) atoms. The summed E-state index contributed by atoms with van der Waals surface area (Å²) in [4.78, 5) is 21.9. The SMILES string of the molecule is CC(c1ccncn1)N(C)C(=O)CCc1cn[nH]c1. The molecule has 2 heterocycles. The van der Waals surface area contributed by atoms with E-state index in [1.165, 1.54) is 6.33 Å². The lowest BCUT2D eigenvalue weighted by Gasteiger charge is -2.24. The standard InChI is InChI=1S/C13H17N5O/c1-10(12-5-6-14-9-15-12)18(2)13(19)4-3-11-7-16-17-8-11/h5-10H,3-4H2,1-2H3,(H,16,17). The van der Waals surface area contributed by atoms with Gasteiger partial charge in [-0.15, -0.1) is 0 Å². The summed E-state index contributed by atoms with van der Waals surface area (Å²) in [6.07, 6.45) is 7.88. The maximum absolute atomic E-state index is 12.1. The van der Waals surface area contributed by atoms with E-state index < -0.39 is 0 Å². The third-order valence-electron chi connectivity index (χ3n) is 3.19. The van der Waals surface area contributed by atoms with Crippen LogP contribution in [-0.4, -0.2) is 38.0 Å². The summed E-state index contributed by atoms with van der Waals surface area (Å²) in [5.41, 5.74) is 1.88. The van der Waals surface area contributed by atoms with Gasteiger partial charge in [-0.2, -0.15) is 5.10 Å². The van der Waals surface area contributed by atoms with E-state index in [4.69, 9.17) is 0 Å². The Balaban J connectivity index is 1.91. The van der Waals surface area contributed by atoms with Crippen molar-refractivity contribution in [2.75, 3.05) is 7.05 Å². The van der Waals surface area contributed by atoms with E-state index in [2.05, 4.69) is 20.2 Å². The molecule has 1 unspecified atom stereocenters. The fourth-order valence-corrected chi connectivity index (χ4v) is 1.80. The van der Waals surface area contributed by atoms with Gasteiger partial charge in [0, 0.05) is 25.9 Å². The molecule has 0 saturated heterocycles. The van der Waals surface area contributed by atoms with Crippen LogP contribution in [0.3, 0.4) is 0 Å². The van der Waals surface area contributed by atoms with Gasteiger partial charge >= 0.3 is 0 Å². The van der Waals surface area contributed by atoms with Crippen LogP contribution in [0.15, 0.2) is 31.0 Å². The number of carbonyl (C=O) groups excluding carboxylic acids is 1. The van der Waals surface area contributed by atoms with Crippen LogP contribution in [0.2, 0.25) is 0 Å². The third kappa shape index (κ3) is 3.37. The molecule has 6 nitrogen and oxygen atoms in total. The highest BCUT2D eigenvalue weighted by Gasteiger charge is 2.18. The van der Waals surface area contributed by atoms with Crippen molar-refractivity contribution in [3.05, 3.63) is 42.2 Å². The Bertz CT molecular complexity index is 511. The molecule has 6 heteroatoms. The lowest BCUT2D eigenvalue weighted by Crippen LogP contribution is -2.30. The van der Waals surface area contributed by atoms with E-state index >= 15 is 0 Å². The molecule has 0 aliphatic rings. The van der Waals surface area contributed by atoms with Gasteiger partial charge in [0.15, 0.2) is 0 Å². The fraction of sp³-hybridized carbons (Fsp3) is 0.385. The Morgan fingerprint density at radius 1 is 1.53 bits per heavy atom. The van der Waals surface area contributed by atoms with Crippen molar-refractivity contribution >= 4 is 5.91 Å². The first-order valence-corrected chi connectivity index (χ1v) is 6.17. The van der Waals surface area contributed by atoms with Gasteiger partial charge in [-0.1, -0.05) is 0 Å². The van der Waals surface area contributed by atoms with Gasteiger partial charge in [0.05, 0.1) is 17.9 Å². The van der Waals surface area contributed by atoms with Crippen molar-refractivity contribution in [2.24, 2.45) is 0 Å². The summed E-state index contributed by atoms with van der Waals surface area (Å²) in [6, 6.07) is 1.77. The second kappa shape index (κ2) is 6.08. The number of hydrogen-bond donors (Lipinski definition) is 1. The van der Waals surface area contributed by atoms with Gasteiger partial charge < -0.3 is 4.90 Å². The number of rotatable bonds is 5. The molecule has 0 fully saturated rings. The van der Waals surface area contributed by atoms with E-state index in [9.17, 15) is 4.79 Å². The molecule has 0 radical (unpaired) electrons. The van der Waals surface area contributed by atoms with Crippen molar-refractivity contribution in [3.63, 3.8) is 0 Å². The smallest absolute Gasteiger partial charge is 0.223 e. The first kappa shape index (κ1) is 13.2. The van der Waals surface area contributed by atoms with Crippen LogP contribution in [-0.2, 0) is 11.2 Å². The second-order valence-corrected chi connectivity index (χ2v) is 4.42. The zero-order valence-corrected chi connectivity index (χ0v) is 11.1. The van der Waals surface area contributed by atoms with Crippen LogP contribution in [0, 0.1) is 0 Å². The zero-order chi connectivity index (χ0) is 13.7. The first-order chi connectivity index (χ1) is 9.18. The number of aromatic amines is 1. The zero-order valence-electron chi connectivity index (χ0n) is 11.1. The number of nitrogens with one attached hydrogen (secondary N) is 1. The van der Waals surface area contributed by atoms with Crippen molar-refractivity contribution in [1.29, 1.82) is 0 Å². The number of carbonyl (C=O) groups is 1. The van der Waals surface area contributed by atoms with Crippen molar-refractivity contribution < 1.29 is 4.79 Å². The van der Waals surface area contributed by atoms with Gasteiger partial charge in [0.2, 0.25) is 5.91 Å². The predicted molar refractivity (Wildman–Crippen MR) is 70.1 cm³/mol. The van der Waals surface area contributed by atoms with Crippen LogP contribution in [0.1, 0.15) is 30.6 Å². The monoisotopic (exact) mass is 259 g/mol. The average Bonchev–Trinajstić information content (AvgIpc) is 2.97. The molecule has 2 aromatic heterocycles. The van der Waals surface area contributed by atoms with Crippen molar-refractivity contribution in [1.82, 2.24) is 25.1 Å². The largest absolute Gasteiger partial charge is 0.337 e. The number of aromatic nitrogens is 4. The first-order valence-electron chi connectivity index (χ1n) is 6.17. The third-order valence-corrected chi connectivity index (χ3v) is 3.19. The summed E-state index contributed by atoms with van der Waals surface area (Å²) in [5, 5.41) is 6.60. The highest BCUT2D eigenvalue weighted by atomic mass is 16.2. The second-order valence-electron chi connectivity index (χ2n) is 4.42. The maximum Gasteiger partial charge on any atom is 0.223 e. The summed E-state index contributed by atoms with van der Waals surface area (Å²) in [5.74, 6) is 0.0901. The Morgan fingerprint density at radius 3 is 3.00 bits per heavy atom. The molecule has 0 aliphatic heterocycles. The fourth-order valence-electron chi connectivity index (χ4n) is 1.80. The highest BCUT2D eigenvalue weighted by Crippen LogP contribution is 2.16. The molecular formula is C13H17N5O. The van der Waals surface area contributed by atoms with Crippen LogP contribution < -0.4 is 0 Å². The van der Waals surface area contributed by atoms with Crippen LogP contribution in [0.25, 0.3) is 0 Å². The average molecular weight is 259 g/mol. The van der Waals surface area contributed by atoms with Gasteiger partial charge in [-0.3, -0.25) is 9.89 Å². The van der Waals surface area contributed by atoms with E-state index in [1.54, 1.807) is 30.5 Å². The molecular weight excluding hydrogens is 242 g/mol. The molecule has 2 aromatic rings. The Kier molecular flexibility index (Phi) is 4.22.